The van der Waals surface area contributed by atoms with E-state index < -0.39 is 24.0 Å². The van der Waals surface area contributed by atoms with E-state index in [1.54, 1.807) is 0 Å². The SMILES string of the molecule is O=C[C@@H]1C[C@@H](C(=O)O)N(C(=O)OCC2c3ccccc3-c3ccccc32)C1. The van der Waals surface area contributed by atoms with Gasteiger partial charge in [0.15, 0.2) is 0 Å². The molecule has 2 aromatic rings. The number of carboxylic acids is 1. The normalized spacial score (nSPS) is 20.8. The summed E-state index contributed by atoms with van der Waals surface area (Å²) in [5.41, 5.74) is 4.43. The Kier molecular flexibility index (Phi) is 4.39. The first-order valence-electron chi connectivity index (χ1n) is 8.90. The molecular weight excluding hydrogens is 346 g/mol. The van der Waals surface area contributed by atoms with E-state index in [0.29, 0.717) is 6.29 Å². The highest BCUT2D eigenvalue weighted by molar-refractivity contribution is 5.82. The van der Waals surface area contributed by atoms with Crippen LogP contribution in [0.5, 0.6) is 0 Å². The van der Waals surface area contributed by atoms with Crippen LogP contribution >= 0.6 is 0 Å². The van der Waals surface area contributed by atoms with Crippen LogP contribution in [0.25, 0.3) is 11.1 Å². The topological polar surface area (TPSA) is 83.9 Å². The van der Waals surface area contributed by atoms with Gasteiger partial charge in [0, 0.05) is 18.4 Å². The summed E-state index contributed by atoms with van der Waals surface area (Å²) in [5, 5.41) is 9.32. The molecule has 0 bridgehead atoms. The number of fused-ring (bicyclic) bond motifs is 3. The number of ether oxygens (including phenoxy) is 1. The van der Waals surface area contributed by atoms with Crippen LogP contribution in [-0.2, 0) is 14.3 Å². The number of carboxylic acid groups (broad SMARTS) is 1. The Morgan fingerprint density at radius 3 is 2.22 bits per heavy atom. The van der Waals surface area contributed by atoms with Gasteiger partial charge in [-0.25, -0.2) is 9.59 Å². The monoisotopic (exact) mass is 365 g/mol. The van der Waals surface area contributed by atoms with Crippen LogP contribution in [0.15, 0.2) is 48.5 Å². The third kappa shape index (κ3) is 2.97. The molecule has 138 valence electrons. The highest BCUT2D eigenvalue weighted by Crippen LogP contribution is 2.44. The van der Waals surface area contributed by atoms with Gasteiger partial charge in [0.2, 0.25) is 0 Å². The summed E-state index contributed by atoms with van der Waals surface area (Å²) >= 11 is 0. The smallest absolute Gasteiger partial charge is 0.410 e. The van der Waals surface area contributed by atoms with Crippen molar-refractivity contribution >= 4 is 18.3 Å². The Labute approximate surface area is 156 Å². The lowest BCUT2D eigenvalue weighted by atomic mass is 9.98. The molecule has 6 heteroatoms. The number of amides is 1. The van der Waals surface area contributed by atoms with Crippen LogP contribution in [0.3, 0.4) is 0 Å². The Morgan fingerprint density at radius 2 is 1.67 bits per heavy atom. The fourth-order valence-electron chi connectivity index (χ4n) is 4.08. The number of hydrogen-bond acceptors (Lipinski definition) is 4. The molecule has 0 unspecified atom stereocenters. The molecule has 0 spiro atoms. The van der Waals surface area contributed by atoms with Gasteiger partial charge in [0.1, 0.15) is 18.9 Å². The summed E-state index contributed by atoms with van der Waals surface area (Å²) in [5.74, 6) is -1.67. The number of nitrogens with zero attached hydrogens (tertiary/aromatic N) is 1. The van der Waals surface area contributed by atoms with Gasteiger partial charge < -0.3 is 14.6 Å². The number of benzene rings is 2. The van der Waals surface area contributed by atoms with Crippen LogP contribution in [-0.4, -0.2) is 47.5 Å². The lowest BCUT2D eigenvalue weighted by Crippen LogP contribution is -2.41. The van der Waals surface area contributed by atoms with Crippen LogP contribution < -0.4 is 0 Å². The molecule has 1 aliphatic heterocycles. The number of carbonyl (C=O) groups is 3. The van der Waals surface area contributed by atoms with Crippen molar-refractivity contribution in [3.8, 4) is 11.1 Å². The quantitative estimate of drug-likeness (QED) is 0.842. The maximum Gasteiger partial charge on any atom is 0.410 e. The maximum atomic E-state index is 12.5. The van der Waals surface area contributed by atoms with Crippen LogP contribution in [0.2, 0.25) is 0 Å². The highest BCUT2D eigenvalue weighted by Gasteiger charge is 2.41. The molecule has 27 heavy (non-hydrogen) atoms. The molecule has 1 saturated heterocycles. The van der Waals surface area contributed by atoms with E-state index in [0.717, 1.165) is 27.2 Å². The molecule has 1 N–H and O–H groups in total. The zero-order chi connectivity index (χ0) is 19.0. The van der Waals surface area contributed by atoms with Crippen molar-refractivity contribution in [1.29, 1.82) is 0 Å². The lowest BCUT2D eigenvalue weighted by molar-refractivity contribution is -0.141. The number of aldehydes is 1. The second-order valence-electron chi connectivity index (χ2n) is 6.94. The summed E-state index contributed by atoms with van der Waals surface area (Å²) in [6.07, 6.45) is 0.143. The number of rotatable bonds is 4. The van der Waals surface area contributed by atoms with E-state index in [1.807, 2.05) is 48.5 Å². The number of hydrogen-bond donors (Lipinski definition) is 1. The molecule has 2 atom stereocenters. The third-order valence-electron chi connectivity index (χ3n) is 5.38. The van der Waals surface area contributed by atoms with E-state index >= 15 is 0 Å². The van der Waals surface area contributed by atoms with Crippen LogP contribution in [0, 0.1) is 5.92 Å². The predicted octanol–water partition coefficient (Wildman–Crippen LogP) is 2.91. The molecule has 6 nitrogen and oxygen atoms in total. The molecule has 0 aromatic heterocycles. The van der Waals surface area contributed by atoms with Gasteiger partial charge in [-0.2, -0.15) is 0 Å². The van der Waals surface area contributed by atoms with E-state index in [-0.39, 0.29) is 25.5 Å². The minimum Gasteiger partial charge on any atom is -0.480 e. The average Bonchev–Trinajstić information content (AvgIpc) is 3.26. The molecule has 1 aliphatic carbocycles. The summed E-state index contributed by atoms with van der Waals surface area (Å²) in [6, 6.07) is 15.0. The minimum absolute atomic E-state index is 0.0805. The molecule has 1 heterocycles. The van der Waals surface area contributed by atoms with Gasteiger partial charge in [-0.05, 0) is 28.7 Å². The zero-order valence-electron chi connectivity index (χ0n) is 14.6. The van der Waals surface area contributed by atoms with Gasteiger partial charge in [0.05, 0.1) is 0 Å². The molecule has 2 aromatic carbocycles. The number of likely N-dealkylation sites (tertiary alicyclic amines) is 1. The van der Waals surface area contributed by atoms with E-state index in [1.165, 1.54) is 0 Å². The summed E-state index contributed by atoms with van der Waals surface area (Å²) in [7, 11) is 0. The van der Waals surface area contributed by atoms with Gasteiger partial charge in [-0.15, -0.1) is 0 Å². The lowest BCUT2D eigenvalue weighted by Gasteiger charge is -2.22. The fourth-order valence-corrected chi connectivity index (χ4v) is 4.08. The summed E-state index contributed by atoms with van der Waals surface area (Å²) in [4.78, 5) is 36.1. The average molecular weight is 365 g/mol. The van der Waals surface area contributed by atoms with E-state index in [4.69, 9.17) is 4.74 Å². The van der Waals surface area contributed by atoms with Crippen molar-refractivity contribution in [2.24, 2.45) is 5.92 Å². The molecule has 4 rings (SSSR count). The molecular formula is C21H19NO5. The highest BCUT2D eigenvalue weighted by atomic mass is 16.6. The molecule has 1 fully saturated rings. The first-order chi connectivity index (χ1) is 13.1. The fraction of sp³-hybridized carbons (Fsp3) is 0.286. The third-order valence-corrected chi connectivity index (χ3v) is 5.38. The number of aliphatic carboxylic acids is 1. The largest absolute Gasteiger partial charge is 0.480 e. The van der Waals surface area contributed by atoms with E-state index in [9.17, 15) is 19.5 Å². The van der Waals surface area contributed by atoms with Crippen LogP contribution in [0.4, 0.5) is 4.79 Å². The predicted molar refractivity (Wildman–Crippen MR) is 97.4 cm³/mol. The van der Waals surface area contributed by atoms with Crippen molar-refractivity contribution in [2.45, 2.75) is 18.4 Å². The zero-order valence-corrected chi connectivity index (χ0v) is 14.6. The summed E-state index contributed by atoms with van der Waals surface area (Å²) < 4.78 is 5.50. The van der Waals surface area contributed by atoms with Crippen molar-refractivity contribution in [3.05, 3.63) is 59.7 Å². The second-order valence-corrected chi connectivity index (χ2v) is 6.94. The molecule has 1 amide bonds. The van der Waals surface area contributed by atoms with Crippen molar-refractivity contribution in [3.63, 3.8) is 0 Å². The van der Waals surface area contributed by atoms with Crippen molar-refractivity contribution in [2.75, 3.05) is 13.2 Å². The first-order valence-corrected chi connectivity index (χ1v) is 8.90. The maximum absolute atomic E-state index is 12.5. The van der Waals surface area contributed by atoms with Gasteiger partial charge in [-0.1, -0.05) is 48.5 Å². The number of carbonyl (C=O) groups excluding carboxylic acids is 2. The van der Waals surface area contributed by atoms with Crippen molar-refractivity contribution < 1.29 is 24.2 Å². The van der Waals surface area contributed by atoms with Gasteiger partial charge in [0.25, 0.3) is 0 Å². The van der Waals surface area contributed by atoms with Crippen LogP contribution in [0.1, 0.15) is 23.5 Å². The Bertz CT molecular complexity index is 863. The first kappa shape index (κ1) is 17.3. The minimum atomic E-state index is -1.12. The van der Waals surface area contributed by atoms with Crippen molar-refractivity contribution in [1.82, 2.24) is 4.90 Å². The van der Waals surface area contributed by atoms with E-state index in [2.05, 4.69) is 0 Å². The standard InChI is InChI=1S/C21H19NO5/c23-11-13-9-19(20(24)25)22(10-13)21(26)27-12-18-16-7-3-1-5-14(16)15-6-2-4-8-17(15)18/h1-8,11,13,18-19H,9-10,12H2,(H,24,25)/t13-,19+/m1/s1. The molecule has 0 radical (unpaired) electrons. The molecule has 2 aliphatic rings. The Hall–Kier alpha value is -3.15. The summed E-state index contributed by atoms with van der Waals surface area (Å²) in [6.45, 7) is 0.207. The van der Waals surface area contributed by atoms with Gasteiger partial charge >= 0.3 is 12.1 Å². The molecule has 0 saturated carbocycles. The second kappa shape index (κ2) is 6.87. The Balaban J connectivity index is 1.53. The Morgan fingerprint density at radius 1 is 1.07 bits per heavy atom. The van der Waals surface area contributed by atoms with Gasteiger partial charge in [-0.3, -0.25) is 4.90 Å².